The summed E-state index contributed by atoms with van der Waals surface area (Å²) in [6, 6.07) is 3.03. The zero-order valence-electron chi connectivity index (χ0n) is 20.0. The van der Waals surface area contributed by atoms with Crippen LogP contribution in [0, 0.1) is 11.7 Å². The summed E-state index contributed by atoms with van der Waals surface area (Å²) in [6.07, 6.45) is 4.76. The van der Waals surface area contributed by atoms with Gasteiger partial charge in [0.25, 0.3) is 0 Å². The summed E-state index contributed by atoms with van der Waals surface area (Å²) in [5.41, 5.74) is 1.44. The van der Waals surface area contributed by atoms with Crippen molar-refractivity contribution in [1.82, 2.24) is 15.0 Å². The Hall–Kier alpha value is -2.34. The number of halogens is 2. The molecule has 36 heavy (non-hydrogen) atoms. The van der Waals surface area contributed by atoms with Gasteiger partial charge in [0.2, 0.25) is 10.0 Å². The van der Waals surface area contributed by atoms with E-state index in [9.17, 15) is 17.6 Å². The van der Waals surface area contributed by atoms with E-state index >= 15 is 0 Å². The number of allylic oxidation sites excluding steroid dienone is 1. The number of methoxy groups -OCH3 is 1. The summed E-state index contributed by atoms with van der Waals surface area (Å²) < 4.78 is 46.2. The second-order valence-corrected chi connectivity index (χ2v) is 12.0. The van der Waals surface area contributed by atoms with Gasteiger partial charge in [0.15, 0.2) is 10.8 Å². The maximum Gasteiger partial charge on any atom is 0.338 e. The predicted molar refractivity (Wildman–Crippen MR) is 138 cm³/mol. The lowest BCUT2D eigenvalue weighted by Gasteiger charge is -2.35. The number of nitrogens with zero attached hydrogens (tertiary/aromatic N) is 2. The molecule has 0 spiro atoms. The number of thiazole rings is 1. The Morgan fingerprint density at radius 1 is 1.31 bits per heavy atom. The molecule has 1 atom stereocenters. The summed E-state index contributed by atoms with van der Waals surface area (Å²) in [7, 11) is -2.01. The maximum atomic E-state index is 13.8. The van der Waals surface area contributed by atoms with E-state index in [1.165, 1.54) is 36.6 Å². The normalized spacial score (nSPS) is 22.7. The van der Waals surface area contributed by atoms with Crippen molar-refractivity contribution in [3.8, 4) is 0 Å². The van der Waals surface area contributed by atoms with Crippen LogP contribution in [0.4, 0.5) is 4.39 Å². The van der Waals surface area contributed by atoms with E-state index in [0.717, 1.165) is 0 Å². The van der Waals surface area contributed by atoms with Gasteiger partial charge in [-0.1, -0.05) is 24.6 Å². The zero-order valence-corrected chi connectivity index (χ0v) is 22.4. The molecule has 2 aliphatic rings. The number of esters is 1. The summed E-state index contributed by atoms with van der Waals surface area (Å²) >= 11 is 7.80. The highest BCUT2D eigenvalue weighted by atomic mass is 35.5. The molecule has 1 unspecified atom stereocenters. The topological polar surface area (TPSA) is 110 Å². The molecule has 4 rings (SSSR count). The maximum absolute atomic E-state index is 13.8. The Morgan fingerprint density at radius 2 is 2.06 bits per heavy atom. The molecule has 8 nitrogen and oxygen atoms in total. The summed E-state index contributed by atoms with van der Waals surface area (Å²) in [4.78, 5) is 22.2. The monoisotopic (exact) mass is 554 g/mol. The summed E-state index contributed by atoms with van der Waals surface area (Å²) in [5.74, 6) is -0.535. The van der Waals surface area contributed by atoms with Crippen molar-refractivity contribution in [2.45, 2.75) is 51.1 Å². The highest BCUT2D eigenvalue weighted by Gasteiger charge is 2.38. The minimum absolute atomic E-state index is 0.0711. The van der Waals surface area contributed by atoms with Crippen LogP contribution in [0.5, 0.6) is 0 Å². The van der Waals surface area contributed by atoms with Crippen LogP contribution >= 0.6 is 22.9 Å². The zero-order chi connectivity index (χ0) is 25.9. The number of amidine groups is 1. The minimum atomic E-state index is -3.32. The number of hydrogen-bond acceptors (Lipinski definition) is 8. The molecule has 1 saturated carbocycles. The van der Waals surface area contributed by atoms with Crippen LogP contribution in [-0.4, -0.2) is 44.1 Å². The van der Waals surface area contributed by atoms with Crippen LogP contribution in [0.1, 0.15) is 55.6 Å². The third-order valence-corrected chi connectivity index (χ3v) is 9.07. The second kappa shape index (κ2) is 11.4. The van der Waals surface area contributed by atoms with Crippen molar-refractivity contribution in [3.05, 3.63) is 62.5 Å². The van der Waals surface area contributed by atoms with E-state index in [4.69, 9.17) is 21.3 Å². The Morgan fingerprint density at radius 3 is 2.67 bits per heavy atom. The fourth-order valence-electron chi connectivity index (χ4n) is 4.70. The van der Waals surface area contributed by atoms with Crippen molar-refractivity contribution in [2.75, 3.05) is 12.9 Å². The highest BCUT2D eigenvalue weighted by molar-refractivity contribution is 7.89. The van der Waals surface area contributed by atoms with E-state index < -0.39 is 27.9 Å². The number of rotatable bonds is 8. The van der Waals surface area contributed by atoms with Crippen LogP contribution in [0.3, 0.4) is 0 Å². The van der Waals surface area contributed by atoms with Crippen LogP contribution in [0.15, 0.2) is 46.0 Å². The number of carbonyl (C=O) groups excluding carboxylic acids is 1. The van der Waals surface area contributed by atoms with Gasteiger partial charge in [0.05, 0.1) is 18.4 Å². The first-order valence-corrected chi connectivity index (χ1v) is 14.7. The van der Waals surface area contributed by atoms with Gasteiger partial charge in [-0.25, -0.2) is 27.3 Å². The largest absolute Gasteiger partial charge is 0.466 e. The molecule has 12 heteroatoms. The Kier molecular flexibility index (Phi) is 8.44. The van der Waals surface area contributed by atoms with Gasteiger partial charge in [-0.15, -0.1) is 11.3 Å². The van der Waals surface area contributed by atoms with Crippen molar-refractivity contribution < 1.29 is 22.3 Å². The lowest BCUT2D eigenvalue weighted by molar-refractivity contribution is -0.136. The molecule has 0 bridgehead atoms. The molecule has 0 amide bonds. The van der Waals surface area contributed by atoms with Crippen molar-refractivity contribution in [2.24, 2.45) is 10.9 Å². The highest BCUT2D eigenvalue weighted by Crippen LogP contribution is 2.41. The summed E-state index contributed by atoms with van der Waals surface area (Å²) in [5, 5.41) is 5.94. The minimum Gasteiger partial charge on any atom is -0.466 e. The standard InChI is InChI=1S/C24H28ClFN4O4S2/c1-3-12-36(32,33)30-16-7-4-14(5-8-16)20-19(24(31)34-2)21(17-9-6-15(26)13-18(17)25)29-22(28-20)23-27-10-11-35-23/h6,9-11,13-14,16,21,30H,3-5,7-8,12H2,1-2H3,(H,28,29). The molecule has 0 radical (unpaired) electrons. The number of aromatic nitrogens is 1. The van der Waals surface area contributed by atoms with Gasteiger partial charge in [-0.05, 0) is 50.2 Å². The second-order valence-electron chi connectivity index (χ2n) is 8.81. The molecule has 1 aliphatic carbocycles. The number of hydrogen-bond donors (Lipinski definition) is 2. The van der Waals surface area contributed by atoms with Gasteiger partial charge in [-0.3, -0.25) is 4.99 Å². The smallest absolute Gasteiger partial charge is 0.338 e. The molecule has 2 N–H and O–H groups in total. The molecule has 1 aromatic carbocycles. The Bertz CT molecular complexity index is 1270. The van der Waals surface area contributed by atoms with Crippen molar-refractivity contribution in [1.29, 1.82) is 0 Å². The van der Waals surface area contributed by atoms with Gasteiger partial charge >= 0.3 is 5.97 Å². The first-order valence-electron chi connectivity index (χ1n) is 11.7. The van der Waals surface area contributed by atoms with Crippen molar-refractivity contribution >= 4 is 44.8 Å². The van der Waals surface area contributed by atoms with Gasteiger partial charge in [0.1, 0.15) is 11.9 Å². The van der Waals surface area contributed by atoms with Crippen LogP contribution in [0.2, 0.25) is 5.02 Å². The van der Waals surface area contributed by atoms with Crippen LogP contribution in [0.25, 0.3) is 0 Å². The lowest BCUT2D eigenvalue weighted by Crippen LogP contribution is -2.42. The molecule has 2 aromatic rings. The quantitative estimate of drug-likeness (QED) is 0.470. The third-order valence-electron chi connectivity index (χ3n) is 6.33. The number of carbonyl (C=O) groups is 1. The van der Waals surface area contributed by atoms with E-state index in [-0.39, 0.29) is 22.7 Å². The van der Waals surface area contributed by atoms with E-state index in [2.05, 4.69) is 15.0 Å². The van der Waals surface area contributed by atoms with Gasteiger partial charge in [-0.2, -0.15) is 0 Å². The van der Waals surface area contributed by atoms with Crippen LogP contribution in [-0.2, 0) is 19.6 Å². The molecule has 1 aliphatic heterocycles. The molecular formula is C24H28ClFN4O4S2. The number of benzene rings is 1. The average molecular weight is 555 g/mol. The lowest BCUT2D eigenvalue weighted by atomic mass is 9.80. The average Bonchev–Trinajstić information content (AvgIpc) is 3.38. The summed E-state index contributed by atoms with van der Waals surface area (Å²) in [6.45, 7) is 1.83. The number of sulfonamides is 1. The van der Waals surface area contributed by atoms with E-state index in [1.807, 2.05) is 12.3 Å². The third kappa shape index (κ3) is 5.96. The van der Waals surface area contributed by atoms with E-state index in [0.29, 0.717) is 59.8 Å². The molecule has 0 saturated heterocycles. The first kappa shape index (κ1) is 26.7. The Balaban J connectivity index is 1.70. The first-order chi connectivity index (χ1) is 17.2. The fraction of sp³-hybridized carbons (Fsp3) is 0.458. The number of ether oxygens (including phenoxy) is 1. The van der Waals surface area contributed by atoms with E-state index in [1.54, 1.807) is 6.20 Å². The molecule has 1 aromatic heterocycles. The van der Waals surface area contributed by atoms with Crippen molar-refractivity contribution in [3.63, 3.8) is 0 Å². The Labute approximate surface area is 219 Å². The number of nitrogens with one attached hydrogen (secondary N) is 2. The number of aliphatic imine (C=N–C) groups is 1. The van der Waals surface area contributed by atoms with Gasteiger partial charge in [0, 0.05) is 33.9 Å². The van der Waals surface area contributed by atoms with Crippen LogP contribution < -0.4 is 10.0 Å². The van der Waals surface area contributed by atoms with Gasteiger partial charge < -0.3 is 10.1 Å². The fourth-order valence-corrected chi connectivity index (χ4v) is 6.96. The molecule has 2 heterocycles. The molecular weight excluding hydrogens is 527 g/mol. The predicted octanol–water partition coefficient (Wildman–Crippen LogP) is 4.34. The SMILES string of the molecule is CCCS(=O)(=O)NC1CCC(C2=C(C(=O)OC)C(c3ccc(F)cc3Cl)N=C(c3nccs3)N2)CC1. The molecule has 194 valence electrons. The molecule has 1 fully saturated rings.